The van der Waals surface area contributed by atoms with Crippen LogP contribution in [-0.2, 0) is 6.54 Å². The van der Waals surface area contributed by atoms with Gasteiger partial charge in [-0.05, 0) is 35.4 Å². The molecule has 5 N–H and O–H groups in total. The van der Waals surface area contributed by atoms with Crippen molar-refractivity contribution in [2.24, 2.45) is 0 Å². The van der Waals surface area contributed by atoms with Gasteiger partial charge in [-0.25, -0.2) is 4.63 Å². The molecular formula is C15H22N5O4+. The first kappa shape index (κ1) is 17.5. The molecule has 0 unspecified atom stereocenters. The Morgan fingerprint density at radius 1 is 1.38 bits per heavy atom. The number of methoxy groups -OCH3 is 1. The first-order valence-electron chi connectivity index (χ1n) is 7.63. The number of carbonyl (C=O) groups is 1. The average Bonchev–Trinajstić information content (AvgIpc) is 3.02. The highest BCUT2D eigenvalue weighted by atomic mass is 16.6. The Labute approximate surface area is 139 Å². The van der Waals surface area contributed by atoms with Gasteiger partial charge in [-0.1, -0.05) is 0 Å². The number of nitrogens with one attached hydrogen (secondary N) is 1. The van der Waals surface area contributed by atoms with E-state index in [0.29, 0.717) is 25.4 Å². The number of nitrogens with zero attached hydrogens (tertiary/aromatic N) is 2. The summed E-state index contributed by atoms with van der Waals surface area (Å²) < 4.78 is 15.2. The van der Waals surface area contributed by atoms with E-state index in [1.165, 1.54) is 0 Å². The fourth-order valence-corrected chi connectivity index (χ4v) is 2.11. The maximum atomic E-state index is 11.7. The number of quaternary nitrogens is 1. The van der Waals surface area contributed by atoms with E-state index in [-0.39, 0.29) is 11.5 Å². The Kier molecular flexibility index (Phi) is 6.38. The third-order valence-corrected chi connectivity index (χ3v) is 3.27. The summed E-state index contributed by atoms with van der Waals surface area (Å²) in [7, 11) is 1.62. The molecule has 0 radical (unpaired) electrons. The molecule has 1 heterocycles. The summed E-state index contributed by atoms with van der Waals surface area (Å²) in [5.41, 5.74) is 6.56. The van der Waals surface area contributed by atoms with E-state index in [2.05, 4.69) is 25.6 Å². The number of ether oxygens (including phenoxy) is 2. The molecule has 24 heavy (non-hydrogen) atoms. The molecule has 130 valence electrons. The quantitative estimate of drug-likeness (QED) is 0.529. The molecule has 1 amide bonds. The highest BCUT2D eigenvalue weighted by Gasteiger charge is 2.15. The number of nitrogen functional groups attached to an aromatic ring is 1. The highest BCUT2D eigenvalue weighted by molar-refractivity contribution is 5.95. The van der Waals surface area contributed by atoms with Crippen molar-refractivity contribution in [1.29, 1.82) is 0 Å². The SMILES string of the molecule is CCOc1ccc(C[NH2+]CCNC(=O)c2nonc2N)cc1OC. The Morgan fingerprint density at radius 2 is 2.21 bits per heavy atom. The molecule has 9 heteroatoms. The summed E-state index contributed by atoms with van der Waals surface area (Å²) in [5.74, 6) is 1.03. The van der Waals surface area contributed by atoms with E-state index in [1.807, 2.05) is 25.1 Å². The highest BCUT2D eigenvalue weighted by Crippen LogP contribution is 2.27. The minimum Gasteiger partial charge on any atom is -0.493 e. The number of carbonyl (C=O) groups excluding carboxylic acids is 1. The van der Waals surface area contributed by atoms with E-state index in [0.717, 1.165) is 17.9 Å². The first-order chi connectivity index (χ1) is 11.7. The van der Waals surface area contributed by atoms with Crippen LogP contribution in [0.4, 0.5) is 5.82 Å². The van der Waals surface area contributed by atoms with E-state index < -0.39 is 5.91 Å². The maximum Gasteiger partial charge on any atom is 0.277 e. The Bertz CT molecular complexity index is 674. The van der Waals surface area contributed by atoms with Crippen LogP contribution in [-0.4, -0.2) is 43.0 Å². The number of benzene rings is 1. The van der Waals surface area contributed by atoms with Gasteiger partial charge in [0.25, 0.3) is 5.91 Å². The molecule has 2 aromatic rings. The van der Waals surface area contributed by atoms with Crippen LogP contribution in [0.15, 0.2) is 22.8 Å². The molecule has 2 rings (SSSR count). The first-order valence-corrected chi connectivity index (χ1v) is 7.63. The molecule has 0 atom stereocenters. The lowest BCUT2D eigenvalue weighted by molar-refractivity contribution is -0.668. The number of hydrogen-bond acceptors (Lipinski definition) is 7. The molecule has 9 nitrogen and oxygen atoms in total. The van der Waals surface area contributed by atoms with Gasteiger partial charge in [-0.2, -0.15) is 0 Å². The molecule has 0 aliphatic rings. The van der Waals surface area contributed by atoms with Crippen molar-refractivity contribution in [3.05, 3.63) is 29.5 Å². The smallest absolute Gasteiger partial charge is 0.277 e. The van der Waals surface area contributed by atoms with Crippen molar-refractivity contribution in [1.82, 2.24) is 15.6 Å². The Balaban J connectivity index is 1.74. The molecule has 1 aromatic carbocycles. The molecular weight excluding hydrogens is 314 g/mol. The number of hydrogen-bond donors (Lipinski definition) is 3. The van der Waals surface area contributed by atoms with Gasteiger partial charge >= 0.3 is 0 Å². The van der Waals surface area contributed by atoms with Gasteiger partial charge in [-0.15, -0.1) is 0 Å². The summed E-state index contributed by atoms with van der Waals surface area (Å²) in [4.78, 5) is 11.7. The van der Waals surface area contributed by atoms with Gasteiger partial charge in [0.1, 0.15) is 6.54 Å². The van der Waals surface area contributed by atoms with Crippen LogP contribution >= 0.6 is 0 Å². The molecule has 0 aliphatic carbocycles. The Hall–Kier alpha value is -2.81. The van der Waals surface area contributed by atoms with Gasteiger partial charge in [0, 0.05) is 5.56 Å². The predicted molar refractivity (Wildman–Crippen MR) is 85.7 cm³/mol. The van der Waals surface area contributed by atoms with Gasteiger partial charge in [-0.3, -0.25) is 4.79 Å². The van der Waals surface area contributed by atoms with Crippen molar-refractivity contribution < 1.29 is 24.2 Å². The van der Waals surface area contributed by atoms with Crippen LogP contribution in [0.25, 0.3) is 0 Å². The summed E-state index contributed by atoms with van der Waals surface area (Å²) in [5, 5.41) is 11.6. The molecule has 0 saturated carbocycles. The summed E-state index contributed by atoms with van der Waals surface area (Å²) >= 11 is 0. The third-order valence-electron chi connectivity index (χ3n) is 3.27. The van der Waals surface area contributed by atoms with Crippen LogP contribution in [0.5, 0.6) is 11.5 Å². The van der Waals surface area contributed by atoms with Gasteiger partial charge < -0.3 is 25.8 Å². The van der Waals surface area contributed by atoms with Crippen molar-refractivity contribution in [3.63, 3.8) is 0 Å². The maximum absolute atomic E-state index is 11.7. The predicted octanol–water partition coefficient (Wildman–Crippen LogP) is -0.447. The van der Waals surface area contributed by atoms with Crippen molar-refractivity contribution in [3.8, 4) is 11.5 Å². The normalized spacial score (nSPS) is 10.4. The fraction of sp³-hybridized carbons (Fsp3) is 0.400. The molecule has 0 bridgehead atoms. The van der Waals surface area contributed by atoms with Crippen LogP contribution in [0, 0.1) is 0 Å². The van der Waals surface area contributed by atoms with Crippen LogP contribution < -0.4 is 25.8 Å². The lowest BCUT2D eigenvalue weighted by atomic mass is 10.2. The Morgan fingerprint density at radius 3 is 2.88 bits per heavy atom. The van der Waals surface area contributed by atoms with Crippen LogP contribution in [0.2, 0.25) is 0 Å². The second-order valence-electron chi connectivity index (χ2n) is 4.95. The van der Waals surface area contributed by atoms with Crippen LogP contribution in [0.3, 0.4) is 0 Å². The zero-order valence-corrected chi connectivity index (χ0v) is 13.7. The number of nitrogens with two attached hydrogens (primary N) is 2. The topological polar surface area (TPSA) is 129 Å². The van der Waals surface area contributed by atoms with E-state index in [4.69, 9.17) is 15.2 Å². The van der Waals surface area contributed by atoms with Gasteiger partial charge in [0.2, 0.25) is 11.5 Å². The van der Waals surface area contributed by atoms with Crippen LogP contribution in [0.1, 0.15) is 23.0 Å². The second kappa shape index (κ2) is 8.73. The lowest BCUT2D eigenvalue weighted by Crippen LogP contribution is -2.84. The van der Waals surface area contributed by atoms with Gasteiger partial charge in [0.15, 0.2) is 11.5 Å². The summed E-state index contributed by atoms with van der Waals surface area (Å²) in [6.07, 6.45) is 0. The van der Waals surface area contributed by atoms with E-state index in [9.17, 15) is 4.79 Å². The van der Waals surface area contributed by atoms with Crippen molar-refractivity contribution in [2.45, 2.75) is 13.5 Å². The minimum absolute atomic E-state index is 0.00579. The minimum atomic E-state index is -0.398. The summed E-state index contributed by atoms with van der Waals surface area (Å²) in [6, 6.07) is 5.83. The molecule has 0 aliphatic heterocycles. The molecule has 0 spiro atoms. The fourth-order valence-electron chi connectivity index (χ4n) is 2.11. The largest absolute Gasteiger partial charge is 0.493 e. The van der Waals surface area contributed by atoms with E-state index in [1.54, 1.807) is 7.11 Å². The third kappa shape index (κ3) is 4.59. The number of amides is 1. The van der Waals surface area contributed by atoms with E-state index >= 15 is 0 Å². The van der Waals surface area contributed by atoms with Gasteiger partial charge in [0.05, 0.1) is 26.8 Å². The zero-order chi connectivity index (χ0) is 17.4. The molecule has 1 aromatic heterocycles. The zero-order valence-electron chi connectivity index (χ0n) is 13.7. The summed E-state index contributed by atoms with van der Waals surface area (Å²) in [6.45, 7) is 4.45. The monoisotopic (exact) mass is 336 g/mol. The number of rotatable bonds is 9. The number of anilines is 1. The second-order valence-corrected chi connectivity index (χ2v) is 4.95. The van der Waals surface area contributed by atoms with Crippen molar-refractivity contribution >= 4 is 11.7 Å². The van der Waals surface area contributed by atoms with Crippen molar-refractivity contribution in [2.75, 3.05) is 32.5 Å². The lowest BCUT2D eigenvalue weighted by Gasteiger charge is -2.10. The standard InChI is InChI=1S/C15H21N5O4/c1-3-23-11-5-4-10(8-12(11)22-2)9-17-6-7-18-15(21)13-14(16)20-24-19-13/h4-5,8,17H,3,6-7,9H2,1-2H3,(H2,16,20)(H,18,21)/p+1. The average molecular weight is 336 g/mol. The number of aromatic nitrogens is 2. The molecule has 0 saturated heterocycles. The molecule has 0 fully saturated rings.